The van der Waals surface area contributed by atoms with Crippen LogP contribution in [0.5, 0.6) is 0 Å². The van der Waals surface area contributed by atoms with E-state index in [2.05, 4.69) is 5.32 Å². The maximum Gasteiger partial charge on any atom is 0.420 e. The molecule has 142 valence electrons. The van der Waals surface area contributed by atoms with Crippen LogP contribution in [0.3, 0.4) is 0 Å². The molecule has 1 heterocycles. The molecule has 1 N–H and O–H groups in total. The number of fused-ring (bicyclic) bond motifs is 1. The summed E-state index contributed by atoms with van der Waals surface area (Å²) in [5, 5.41) is 2.66. The molecule has 0 aliphatic heterocycles. The number of carbonyl (C=O) groups excluding carboxylic acids is 1. The lowest BCUT2D eigenvalue weighted by Gasteiger charge is -2.15. The van der Waals surface area contributed by atoms with Gasteiger partial charge in [-0.15, -0.1) is 0 Å². The topological polar surface area (TPSA) is 102 Å². The van der Waals surface area contributed by atoms with Crippen LogP contribution in [0.2, 0.25) is 0 Å². The lowest BCUT2D eigenvalue weighted by Crippen LogP contribution is -2.31. The van der Waals surface area contributed by atoms with E-state index in [0.29, 0.717) is 16.7 Å². The lowest BCUT2D eigenvalue weighted by atomic mass is 10.2. The van der Waals surface area contributed by atoms with E-state index in [1.54, 1.807) is 42.5 Å². The number of nitrogens with zero attached hydrogens (tertiary/aromatic N) is 2. The van der Waals surface area contributed by atoms with E-state index in [-0.39, 0.29) is 18.0 Å². The highest BCUT2D eigenvalue weighted by Crippen LogP contribution is 2.18. The van der Waals surface area contributed by atoms with E-state index in [0.717, 1.165) is 4.31 Å². The number of aromatic nitrogens is 1. The van der Waals surface area contributed by atoms with E-state index < -0.39 is 21.7 Å². The molecule has 0 fully saturated rings. The van der Waals surface area contributed by atoms with Gasteiger partial charge in [0.15, 0.2) is 5.58 Å². The monoisotopic (exact) mass is 389 g/mol. The van der Waals surface area contributed by atoms with Crippen LogP contribution in [0.1, 0.15) is 5.56 Å². The molecule has 3 rings (SSSR count). The Morgan fingerprint density at radius 2 is 1.78 bits per heavy atom. The Bertz CT molecular complexity index is 1150. The first-order chi connectivity index (χ1) is 12.8. The molecule has 0 saturated carbocycles. The van der Waals surface area contributed by atoms with Crippen molar-refractivity contribution in [3.8, 4) is 0 Å². The fraction of sp³-hybridized carbons (Fsp3) is 0.222. The van der Waals surface area contributed by atoms with Crippen molar-refractivity contribution in [2.24, 2.45) is 0 Å². The molecule has 27 heavy (non-hydrogen) atoms. The van der Waals surface area contributed by atoms with Gasteiger partial charge in [-0.2, -0.15) is 0 Å². The highest BCUT2D eigenvalue weighted by atomic mass is 32.2. The summed E-state index contributed by atoms with van der Waals surface area (Å²) in [5.41, 5.74) is 1.38. The number of rotatable bonds is 6. The number of hydrogen-bond acceptors (Lipinski definition) is 5. The lowest BCUT2D eigenvalue weighted by molar-refractivity contribution is -0.121. The van der Waals surface area contributed by atoms with Crippen molar-refractivity contribution >= 4 is 27.0 Å². The zero-order chi connectivity index (χ0) is 19.6. The maximum absolute atomic E-state index is 12.4. The summed E-state index contributed by atoms with van der Waals surface area (Å²) in [7, 11) is -0.738. The van der Waals surface area contributed by atoms with Gasteiger partial charge in [0.05, 0.1) is 10.4 Å². The van der Waals surface area contributed by atoms with Crippen molar-refractivity contribution < 1.29 is 17.6 Å². The average Bonchev–Trinajstić information content (AvgIpc) is 2.95. The smallest absolute Gasteiger partial charge is 0.408 e. The van der Waals surface area contributed by atoms with Crippen molar-refractivity contribution in [3.05, 3.63) is 64.6 Å². The molecule has 8 nitrogen and oxygen atoms in total. The number of sulfonamides is 1. The van der Waals surface area contributed by atoms with Gasteiger partial charge in [-0.3, -0.25) is 9.36 Å². The van der Waals surface area contributed by atoms with E-state index in [1.165, 1.54) is 24.7 Å². The summed E-state index contributed by atoms with van der Waals surface area (Å²) >= 11 is 0. The van der Waals surface area contributed by atoms with Crippen LogP contribution in [-0.4, -0.2) is 37.3 Å². The molecule has 0 atom stereocenters. The zero-order valence-corrected chi connectivity index (χ0v) is 15.7. The molecule has 1 aromatic heterocycles. The fourth-order valence-corrected chi connectivity index (χ4v) is 3.77. The van der Waals surface area contributed by atoms with E-state index >= 15 is 0 Å². The third kappa shape index (κ3) is 3.79. The van der Waals surface area contributed by atoms with Crippen molar-refractivity contribution in [2.45, 2.75) is 18.0 Å². The number of carbonyl (C=O) groups is 1. The number of hydrogen-bond donors (Lipinski definition) is 1. The molecule has 2 aromatic carbocycles. The van der Waals surface area contributed by atoms with Gasteiger partial charge in [-0.1, -0.05) is 30.3 Å². The Morgan fingerprint density at radius 3 is 2.52 bits per heavy atom. The quantitative estimate of drug-likeness (QED) is 0.682. The second-order valence-corrected chi connectivity index (χ2v) is 8.21. The van der Waals surface area contributed by atoms with Crippen molar-refractivity contribution in [1.82, 2.24) is 14.2 Å². The second kappa shape index (κ2) is 7.37. The highest BCUT2D eigenvalue weighted by molar-refractivity contribution is 7.89. The van der Waals surface area contributed by atoms with Crippen LogP contribution >= 0.6 is 0 Å². The predicted molar refractivity (Wildman–Crippen MR) is 99.6 cm³/mol. The number of nitrogens with one attached hydrogen (secondary N) is 1. The van der Waals surface area contributed by atoms with Crippen molar-refractivity contribution in [3.63, 3.8) is 0 Å². The molecule has 0 aliphatic rings. The summed E-state index contributed by atoms with van der Waals surface area (Å²) in [6.07, 6.45) is 0. The van der Waals surface area contributed by atoms with Crippen LogP contribution in [0.4, 0.5) is 0 Å². The first-order valence-electron chi connectivity index (χ1n) is 8.16. The van der Waals surface area contributed by atoms with Crippen LogP contribution in [-0.2, 0) is 27.9 Å². The molecule has 0 aliphatic carbocycles. The van der Waals surface area contributed by atoms with Gasteiger partial charge in [0.2, 0.25) is 15.9 Å². The normalized spacial score (nSPS) is 11.8. The minimum absolute atomic E-state index is 0.0204. The second-order valence-electron chi connectivity index (χ2n) is 6.09. The molecule has 9 heteroatoms. The fourth-order valence-electron chi connectivity index (χ4n) is 2.66. The summed E-state index contributed by atoms with van der Waals surface area (Å²) in [5.74, 6) is -1.05. The minimum atomic E-state index is -3.63. The number of oxazole rings is 1. The minimum Gasteiger partial charge on any atom is -0.408 e. The van der Waals surface area contributed by atoms with Gasteiger partial charge in [0.1, 0.15) is 6.54 Å². The van der Waals surface area contributed by atoms with E-state index in [9.17, 15) is 18.0 Å². The average molecular weight is 389 g/mol. The summed E-state index contributed by atoms with van der Waals surface area (Å²) < 4.78 is 32.2. The Labute approximate surface area is 156 Å². The first kappa shape index (κ1) is 18.9. The summed E-state index contributed by atoms with van der Waals surface area (Å²) in [6, 6.07) is 13.3. The molecule has 1 amide bonds. The van der Waals surface area contributed by atoms with Crippen LogP contribution in [0, 0.1) is 0 Å². The SMILES string of the molecule is CN(C)S(=O)(=O)c1ccccc1CNC(=O)Cn1c(=O)oc2ccccc21. The molecular weight excluding hydrogens is 370 g/mol. The maximum atomic E-state index is 12.4. The van der Waals surface area contributed by atoms with Crippen molar-refractivity contribution in [1.29, 1.82) is 0 Å². The van der Waals surface area contributed by atoms with E-state index in [1.807, 2.05) is 0 Å². The van der Waals surface area contributed by atoms with Crippen LogP contribution < -0.4 is 11.1 Å². The summed E-state index contributed by atoms with van der Waals surface area (Å²) in [4.78, 5) is 24.4. The third-order valence-corrected chi connectivity index (χ3v) is 6.00. The molecule has 0 radical (unpaired) electrons. The first-order valence-corrected chi connectivity index (χ1v) is 9.60. The predicted octanol–water partition coefficient (Wildman–Crippen LogP) is 1.16. The van der Waals surface area contributed by atoms with Gasteiger partial charge in [0, 0.05) is 20.6 Å². The molecular formula is C18H19N3O5S. The van der Waals surface area contributed by atoms with Crippen LogP contribution in [0.25, 0.3) is 11.1 Å². The van der Waals surface area contributed by atoms with Gasteiger partial charge >= 0.3 is 5.76 Å². The molecule has 3 aromatic rings. The Hall–Kier alpha value is -2.91. The Balaban J connectivity index is 1.77. The third-order valence-electron chi connectivity index (χ3n) is 4.08. The molecule has 0 unspecified atom stereocenters. The molecule has 0 saturated heterocycles. The number of benzene rings is 2. The van der Waals surface area contributed by atoms with Gasteiger partial charge in [-0.05, 0) is 23.8 Å². The number of amides is 1. The standard InChI is InChI=1S/C18H19N3O5S/c1-20(2)27(24,25)16-10-6-3-7-13(16)11-19-17(22)12-21-14-8-4-5-9-15(14)26-18(21)23/h3-10H,11-12H2,1-2H3,(H,19,22). The Morgan fingerprint density at radius 1 is 1.11 bits per heavy atom. The summed E-state index contributed by atoms with van der Waals surface area (Å²) in [6.45, 7) is -0.203. The van der Waals surface area contributed by atoms with E-state index in [4.69, 9.17) is 4.42 Å². The molecule has 0 bridgehead atoms. The van der Waals surface area contributed by atoms with Crippen molar-refractivity contribution in [2.75, 3.05) is 14.1 Å². The zero-order valence-electron chi connectivity index (χ0n) is 14.9. The molecule has 0 spiro atoms. The van der Waals surface area contributed by atoms with Gasteiger partial charge in [-0.25, -0.2) is 17.5 Å². The van der Waals surface area contributed by atoms with Gasteiger partial charge in [0.25, 0.3) is 0 Å². The highest BCUT2D eigenvalue weighted by Gasteiger charge is 2.21. The number of para-hydroxylation sites is 2. The Kier molecular flexibility index (Phi) is 5.15. The van der Waals surface area contributed by atoms with Gasteiger partial charge < -0.3 is 9.73 Å². The van der Waals surface area contributed by atoms with Crippen LogP contribution in [0.15, 0.2) is 62.6 Å². The largest absolute Gasteiger partial charge is 0.420 e.